The molecule has 0 aliphatic heterocycles. The second kappa shape index (κ2) is 7.53. The highest BCUT2D eigenvalue weighted by molar-refractivity contribution is 5.77. The number of aliphatic carboxylic acids is 1. The molecule has 2 aromatic rings. The summed E-state index contributed by atoms with van der Waals surface area (Å²) in [5.41, 5.74) is 0.461. The number of hydrogen-bond donors (Lipinski definition) is 1. The summed E-state index contributed by atoms with van der Waals surface area (Å²) < 4.78 is 1.42. The maximum atomic E-state index is 12.3. The number of carbonyl (C=O) groups is 2. The predicted octanol–water partition coefficient (Wildman–Crippen LogP) is 1.11. The van der Waals surface area contributed by atoms with Crippen LogP contribution in [0.3, 0.4) is 0 Å². The van der Waals surface area contributed by atoms with Gasteiger partial charge in [-0.15, -0.1) is 0 Å². The molecule has 0 aliphatic carbocycles. The van der Waals surface area contributed by atoms with Crippen LogP contribution in [0.1, 0.15) is 19.3 Å². The van der Waals surface area contributed by atoms with Gasteiger partial charge in [-0.1, -0.05) is 12.1 Å². The normalized spacial score (nSPS) is 10.7. The zero-order valence-electron chi connectivity index (χ0n) is 12.9. The van der Waals surface area contributed by atoms with Gasteiger partial charge in [0.2, 0.25) is 5.91 Å². The first-order chi connectivity index (χ1) is 11.0. The second-order valence-electron chi connectivity index (χ2n) is 5.32. The average Bonchev–Trinajstić information content (AvgIpc) is 2.53. The molecule has 0 fully saturated rings. The minimum Gasteiger partial charge on any atom is -0.481 e. The maximum Gasteiger partial charge on any atom is 0.303 e. The molecular formula is C16H19N3O4. The van der Waals surface area contributed by atoms with Crippen molar-refractivity contribution in [3.05, 3.63) is 40.9 Å². The van der Waals surface area contributed by atoms with E-state index in [0.717, 1.165) is 0 Å². The Morgan fingerprint density at radius 1 is 1.26 bits per heavy atom. The van der Waals surface area contributed by atoms with E-state index in [4.69, 9.17) is 5.11 Å². The molecule has 0 unspecified atom stereocenters. The Bertz CT molecular complexity index is 769. The molecule has 7 heteroatoms. The van der Waals surface area contributed by atoms with Crippen LogP contribution in [0.4, 0.5) is 0 Å². The van der Waals surface area contributed by atoms with E-state index in [1.165, 1.54) is 15.8 Å². The van der Waals surface area contributed by atoms with E-state index < -0.39 is 5.97 Å². The van der Waals surface area contributed by atoms with Gasteiger partial charge in [0, 0.05) is 33.0 Å². The summed E-state index contributed by atoms with van der Waals surface area (Å²) in [5, 5.41) is 9.11. The molecular weight excluding hydrogens is 298 g/mol. The van der Waals surface area contributed by atoms with Gasteiger partial charge < -0.3 is 10.0 Å². The summed E-state index contributed by atoms with van der Waals surface area (Å²) in [6.07, 6.45) is 2.06. The van der Waals surface area contributed by atoms with E-state index >= 15 is 0 Å². The fraction of sp³-hybridized carbons (Fsp3) is 0.375. The van der Waals surface area contributed by atoms with E-state index in [-0.39, 0.29) is 30.9 Å². The van der Waals surface area contributed by atoms with E-state index in [2.05, 4.69) is 4.98 Å². The highest BCUT2D eigenvalue weighted by Gasteiger charge is 2.11. The van der Waals surface area contributed by atoms with Gasteiger partial charge in [0.25, 0.3) is 5.56 Å². The van der Waals surface area contributed by atoms with Gasteiger partial charge in [-0.2, -0.15) is 0 Å². The third-order valence-corrected chi connectivity index (χ3v) is 3.61. The van der Waals surface area contributed by atoms with E-state index in [1.807, 2.05) is 6.07 Å². The van der Waals surface area contributed by atoms with Gasteiger partial charge in [0.1, 0.15) is 0 Å². The average molecular weight is 317 g/mol. The third kappa shape index (κ3) is 4.38. The SMILES string of the molecule is CN(CCCC(=O)O)C(=O)CCn1cnc2ccccc2c1=O. The maximum absolute atomic E-state index is 12.3. The smallest absolute Gasteiger partial charge is 0.303 e. The highest BCUT2D eigenvalue weighted by atomic mass is 16.4. The molecule has 2 rings (SSSR count). The molecule has 122 valence electrons. The number of fused-ring (bicyclic) bond motifs is 1. The first kappa shape index (κ1) is 16.7. The summed E-state index contributed by atoms with van der Waals surface area (Å²) in [5.74, 6) is -1.00. The van der Waals surface area contributed by atoms with E-state index in [9.17, 15) is 14.4 Å². The molecule has 0 aliphatic rings. The molecule has 1 amide bonds. The summed E-state index contributed by atoms with van der Waals surface area (Å²) in [6.45, 7) is 0.634. The van der Waals surface area contributed by atoms with Crippen molar-refractivity contribution in [1.82, 2.24) is 14.5 Å². The van der Waals surface area contributed by atoms with Crippen LogP contribution in [0.15, 0.2) is 35.4 Å². The number of aryl methyl sites for hydroxylation is 1. The Morgan fingerprint density at radius 2 is 2.00 bits per heavy atom. The standard InChI is InChI=1S/C16H19N3O4/c1-18(9-4-7-15(21)22)14(20)8-10-19-11-17-13-6-3-2-5-12(13)16(19)23/h2-3,5-6,11H,4,7-10H2,1H3,(H,21,22). The minimum absolute atomic E-state index is 0.0334. The van der Waals surface area contributed by atoms with Crippen LogP contribution in [0.5, 0.6) is 0 Å². The molecule has 23 heavy (non-hydrogen) atoms. The quantitative estimate of drug-likeness (QED) is 0.826. The largest absolute Gasteiger partial charge is 0.481 e. The number of para-hydroxylation sites is 1. The van der Waals surface area contributed by atoms with E-state index in [0.29, 0.717) is 23.9 Å². The Morgan fingerprint density at radius 3 is 2.74 bits per heavy atom. The number of hydrogen-bond acceptors (Lipinski definition) is 4. The number of rotatable bonds is 7. The Labute approximate surface area is 133 Å². The number of carboxylic acids is 1. The molecule has 0 saturated carbocycles. The Balaban J connectivity index is 1.95. The van der Waals surface area contributed by atoms with Crippen LogP contribution in [-0.2, 0) is 16.1 Å². The monoisotopic (exact) mass is 317 g/mol. The Kier molecular flexibility index (Phi) is 5.46. The number of benzene rings is 1. The van der Waals surface area contributed by atoms with Crippen molar-refractivity contribution < 1.29 is 14.7 Å². The molecule has 1 aromatic carbocycles. The summed E-state index contributed by atoms with van der Waals surface area (Å²) in [6, 6.07) is 7.06. The summed E-state index contributed by atoms with van der Waals surface area (Å²) in [7, 11) is 1.63. The molecule has 0 radical (unpaired) electrons. The number of carbonyl (C=O) groups excluding carboxylic acids is 1. The number of carboxylic acid groups (broad SMARTS) is 1. The van der Waals surface area contributed by atoms with Crippen molar-refractivity contribution in [2.75, 3.05) is 13.6 Å². The summed E-state index contributed by atoms with van der Waals surface area (Å²) in [4.78, 5) is 40.5. The number of nitrogens with zero attached hydrogens (tertiary/aromatic N) is 3. The van der Waals surface area contributed by atoms with Crippen molar-refractivity contribution >= 4 is 22.8 Å². The van der Waals surface area contributed by atoms with Crippen LogP contribution in [0.2, 0.25) is 0 Å². The highest BCUT2D eigenvalue weighted by Crippen LogP contribution is 2.05. The van der Waals surface area contributed by atoms with Crippen molar-refractivity contribution in [3.63, 3.8) is 0 Å². The van der Waals surface area contributed by atoms with Crippen molar-refractivity contribution in [2.45, 2.75) is 25.8 Å². The van der Waals surface area contributed by atoms with Crippen molar-refractivity contribution in [3.8, 4) is 0 Å². The summed E-state index contributed by atoms with van der Waals surface area (Å²) >= 11 is 0. The fourth-order valence-corrected chi connectivity index (χ4v) is 2.26. The van der Waals surface area contributed by atoms with Gasteiger partial charge in [0.15, 0.2) is 0 Å². The fourth-order valence-electron chi connectivity index (χ4n) is 2.26. The van der Waals surface area contributed by atoms with Crippen molar-refractivity contribution in [2.24, 2.45) is 0 Å². The molecule has 1 aromatic heterocycles. The molecule has 0 saturated heterocycles. The lowest BCUT2D eigenvalue weighted by atomic mass is 10.2. The lowest BCUT2D eigenvalue weighted by Crippen LogP contribution is -2.30. The minimum atomic E-state index is -0.875. The van der Waals surface area contributed by atoms with Crippen LogP contribution in [-0.4, -0.2) is 45.0 Å². The Hall–Kier alpha value is -2.70. The van der Waals surface area contributed by atoms with Crippen LogP contribution in [0, 0.1) is 0 Å². The number of aromatic nitrogens is 2. The van der Waals surface area contributed by atoms with Crippen LogP contribution < -0.4 is 5.56 Å². The van der Waals surface area contributed by atoms with E-state index in [1.54, 1.807) is 25.2 Å². The molecule has 0 bridgehead atoms. The van der Waals surface area contributed by atoms with Gasteiger partial charge in [-0.3, -0.25) is 19.0 Å². The van der Waals surface area contributed by atoms with Gasteiger partial charge >= 0.3 is 5.97 Å². The predicted molar refractivity (Wildman–Crippen MR) is 85.1 cm³/mol. The first-order valence-electron chi connectivity index (χ1n) is 7.39. The molecule has 0 spiro atoms. The molecule has 0 atom stereocenters. The zero-order chi connectivity index (χ0) is 16.8. The first-order valence-corrected chi connectivity index (χ1v) is 7.39. The van der Waals surface area contributed by atoms with Gasteiger partial charge in [0.05, 0.1) is 17.2 Å². The lowest BCUT2D eigenvalue weighted by molar-refractivity contribution is -0.138. The lowest BCUT2D eigenvalue weighted by Gasteiger charge is -2.17. The second-order valence-corrected chi connectivity index (χ2v) is 5.32. The molecule has 1 N–H and O–H groups in total. The molecule has 7 nitrogen and oxygen atoms in total. The van der Waals surface area contributed by atoms with Gasteiger partial charge in [-0.05, 0) is 18.6 Å². The topological polar surface area (TPSA) is 92.5 Å². The van der Waals surface area contributed by atoms with Crippen LogP contribution >= 0.6 is 0 Å². The van der Waals surface area contributed by atoms with Crippen LogP contribution in [0.25, 0.3) is 10.9 Å². The zero-order valence-corrected chi connectivity index (χ0v) is 12.9. The van der Waals surface area contributed by atoms with Crippen molar-refractivity contribution in [1.29, 1.82) is 0 Å². The van der Waals surface area contributed by atoms with Gasteiger partial charge in [-0.25, -0.2) is 4.98 Å². The third-order valence-electron chi connectivity index (χ3n) is 3.61. The molecule has 1 heterocycles. The number of amides is 1.